The van der Waals surface area contributed by atoms with Crippen LogP contribution in [0.2, 0.25) is 0 Å². The first-order valence-electron chi connectivity index (χ1n) is 5.93. The summed E-state index contributed by atoms with van der Waals surface area (Å²) in [6.45, 7) is 2.29. The zero-order valence-electron chi connectivity index (χ0n) is 10.4. The molecule has 0 aromatic heterocycles. The highest BCUT2D eigenvalue weighted by atomic mass is 32.2. The molecule has 17 heavy (non-hydrogen) atoms. The van der Waals surface area contributed by atoms with Crippen LogP contribution < -0.4 is 16.0 Å². The van der Waals surface area contributed by atoms with E-state index in [1.807, 2.05) is 23.9 Å². The molecule has 1 fully saturated rings. The van der Waals surface area contributed by atoms with Gasteiger partial charge in [0.2, 0.25) is 0 Å². The molecule has 0 saturated carbocycles. The first-order chi connectivity index (χ1) is 8.19. The van der Waals surface area contributed by atoms with E-state index in [4.69, 9.17) is 10.6 Å². The monoisotopic (exact) mass is 252 g/mol. The molecule has 0 amide bonds. The second-order valence-corrected chi connectivity index (χ2v) is 6.27. The molecule has 1 saturated heterocycles. The zero-order chi connectivity index (χ0) is 12.3. The number of benzene rings is 1. The van der Waals surface area contributed by atoms with Gasteiger partial charge < -0.3 is 4.74 Å². The molecule has 0 aliphatic carbocycles. The Morgan fingerprint density at radius 1 is 1.41 bits per heavy atom. The number of hydrogen-bond donors (Lipinski definition) is 2. The molecule has 0 spiro atoms. The molecule has 3 N–H and O–H groups in total. The highest BCUT2D eigenvalue weighted by Crippen LogP contribution is 2.46. The Morgan fingerprint density at radius 2 is 2.12 bits per heavy atom. The molecular formula is C13H20N2OS. The number of thioether (sulfide) groups is 1. The maximum Gasteiger partial charge on any atom is 0.118 e. The average molecular weight is 252 g/mol. The summed E-state index contributed by atoms with van der Waals surface area (Å²) in [7, 11) is 1.68. The zero-order valence-corrected chi connectivity index (χ0v) is 11.2. The number of nitrogens with two attached hydrogens (primary N) is 1. The van der Waals surface area contributed by atoms with Crippen LogP contribution in [0.25, 0.3) is 0 Å². The van der Waals surface area contributed by atoms with Gasteiger partial charge >= 0.3 is 0 Å². The lowest BCUT2D eigenvalue weighted by Crippen LogP contribution is -2.41. The molecule has 1 aliphatic heterocycles. The molecule has 0 radical (unpaired) electrons. The van der Waals surface area contributed by atoms with Crippen molar-refractivity contribution in [2.45, 2.75) is 30.6 Å². The maximum atomic E-state index is 5.75. The van der Waals surface area contributed by atoms with Gasteiger partial charge in [-0.1, -0.05) is 12.1 Å². The number of hydrazine groups is 1. The Hall–Kier alpha value is -0.710. The fraction of sp³-hybridized carbons (Fsp3) is 0.538. The molecule has 3 nitrogen and oxygen atoms in total. The Balaban J connectivity index is 2.22. The van der Waals surface area contributed by atoms with Crippen LogP contribution in [0, 0.1) is 0 Å². The summed E-state index contributed by atoms with van der Waals surface area (Å²) in [5, 5.41) is 0. The molecule has 1 aromatic rings. The van der Waals surface area contributed by atoms with Gasteiger partial charge in [0, 0.05) is 4.75 Å². The van der Waals surface area contributed by atoms with Crippen molar-refractivity contribution < 1.29 is 4.74 Å². The maximum absolute atomic E-state index is 5.75. The van der Waals surface area contributed by atoms with E-state index < -0.39 is 0 Å². The number of rotatable bonds is 4. The highest BCUT2D eigenvalue weighted by molar-refractivity contribution is 8.00. The van der Waals surface area contributed by atoms with E-state index in [9.17, 15) is 0 Å². The molecule has 2 atom stereocenters. The highest BCUT2D eigenvalue weighted by Gasteiger charge is 2.38. The summed E-state index contributed by atoms with van der Waals surface area (Å²) in [4.78, 5) is 0. The topological polar surface area (TPSA) is 47.3 Å². The Bertz CT molecular complexity index is 360. The Labute approximate surface area is 107 Å². The predicted octanol–water partition coefficient (Wildman–Crippen LogP) is 2.49. The lowest BCUT2D eigenvalue weighted by molar-refractivity contribution is 0.409. The molecule has 4 heteroatoms. The van der Waals surface area contributed by atoms with E-state index in [-0.39, 0.29) is 10.8 Å². The second-order valence-electron chi connectivity index (χ2n) is 4.64. The molecule has 0 bridgehead atoms. The SMILES string of the molecule is COc1ccc(C(NN)C2(C)CCCS2)cc1. The van der Waals surface area contributed by atoms with Crippen LogP contribution >= 0.6 is 11.8 Å². The second kappa shape index (κ2) is 5.29. The van der Waals surface area contributed by atoms with Crippen LogP contribution in [0.5, 0.6) is 5.75 Å². The summed E-state index contributed by atoms with van der Waals surface area (Å²) in [6.07, 6.45) is 2.48. The number of hydrogen-bond acceptors (Lipinski definition) is 4. The normalized spacial score (nSPS) is 25.8. The van der Waals surface area contributed by atoms with Gasteiger partial charge in [0.05, 0.1) is 13.2 Å². The summed E-state index contributed by atoms with van der Waals surface area (Å²) < 4.78 is 5.37. The first kappa shape index (κ1) is 12.7. The van der Waals surface area contributed by atoms with Crippen molar-refractivity contribution in [3.05, 3.63) is 29.8 Å². The quantitative estimate of drug-likeness (QED) is 0.638. The summed E-state index contributed by atoms with van der Waals surface area (Å²) in [5.74, 6) is 7.86. The van der Waals surface area contributed by atoms with Gasteiger partial charge in [0.25, 0.3) is 0 Å². The van der Waals surface area contributed by atoms with Crippen LogP contribution in [-0.2, 0) is 0 Å². The minimum atomic E-state index is 0.195. The van der Waals surface area contributed by atoms with Gasteiger partial charge in [0.15, 0.2) is 0 Å². The summed E-state index contributed by atoms with van der Waals surface area (Å²) >= 11 is 2.01. The van der Waals surface area contributed by atoms with Crippen molar-refractivity contribution in [1.29, 1.82) is 0 Å². The molecule has 94 valence electrons. The number of ether oxygens (including phenoxy) is 1. The van der Waals surface area contributed by atoms with Gasteiger partial charge in [-0.15, -0.1) is 0 Å². The smallest absolute Gasteiger partial charge is 0.118 e. The van der Waals surface area contributed by atoms with Gasteiger partial charge in [0.1, 0.15) is 5.75 Å². The van der Waals surface area contributed by atoms with E-state index >= 15 is 0 Å². The molecule has 1 aromatic carbocycles. The summed E-state index contributed by atoms with van der Waals surface area (Å²) in [5.41, 5.74) is 4.20. The van der Waals surface area contributed by atoms with Crippen molar-refractivity contribution >= 4 is 11.8 Å². The van der Waals surface area contributed by atoms with Gasteiger partial charge in [-0.25, -0.2) is 0 Å². The van der Waals surface area contributed by atoms with Crippen molar-refractivity contribution in [1.82, 2.24) is 5.43 Å². The average Bonchev–Trinajstić information content (AvgIpc) is 2.78. The van der Waals surface area contributed by atoms with Crippen molar-refractivity contribution in [2.75, 3.05) is 12.9 Å². The van der Waals surface area contributed by atoms with E-state index in [1.54, 1.807) is 7.11 Å². The molecule has 2 unspecified atom stereocenters. The first-order valence-corrected chi connectivity index (χ1v) is 6.92. The lowest BCUT2D eigenvalue weighted by Gasteiger charge is -2.33. The Morgan fingerprint density at radius 3 is 2.59 bits per heavy atom. The van der Waals surface area contributed by atoms with Crippen molar-refractivity contribution in [3.63, 3.8) is 0 Å². The number of methoxy groups -OCH3 is 1. The lowest BCUT2D eigenvalue weighted by atomic mass is 9.91. The molecule has 1 heterocycles. The fourth-order valence-corrected chi connectivity index (χ4v) is 3.86. The van der Waals surface area contributed by atoms with Gasteiger partial charge in [-0.05, 0) is 43.2 Å². The predicted molar refractivity (Wildman–Crippen MR) is 73.2 cm³/mol. The van der Waals surface area contributed by atoms with E-state index in [1.165, 1.54) is 24.2 Å². The van der Waals surface area contributed by atoms with Crippen LogP contribution in [0.3, 0.4) is 0 Å². The molecule has 1 aliphatic rings. The van der Waals surface area contributed by atoms with Gasteiger partial charge in [-0.2, -0.15) is 11.8 Å². The van der Waals surface area contributed by atoms with E-state index in [0.717, 1.165) is 5.75 Å². The van der Waals surface area contributed by atoms with E-state index in [0.29, 0.717) is 0 Å². The molecule has 2 rings (SSSR count). The third kappa shape index (κ3) is 2.59. The van der Waals surface area contributed by atoms with Crippen LogP contribution in [0.4, 0.5) is 0 Å². The van der Waals surface area contributed by atoms with Crippen LogP contribution in [0.1, 0.15) is 31.4 Å². The largest absolute Gasteiger partial charge is 0.497 e. The van der Waals surface area contributed by atoms with Crippen LogP contribution in [0.15, 0.2) is 24.3 Å². The van der Waals surface area contributed by atoms with Crippen LogP contribution in [-0.4, -0.2) is 17.6 Å². The van der Waals surface area contributed by atoms with Crippen molar-refractivity contribution in [2.24, 2.45) is 5.84 Å². The minimum absolute atomic E-state index is 0.195. The molecular weight excluding hydrogens is 232 g/mol. The van der Waals surface area contributed by atoms with Gasteiger partial charge in [-0.3, -0.25) is 11.3 Å². The third-order valence-electron chi connectivity index (χ3n) is 3.48. The summed E-state index contributed by atoms with van der Waals surface area (Å²) in [6, 6.07) is 8.35. The minimum Gasteiger partial charge on any atom is -0.497 e. The van der Waals surface area contributed by atoms with Crippen molar-refractivity contribution in [3.8, 4) is 5.75 Å². The standard InChI is InChI=1S/C13H20N2OS/c1-13(8-3-9-17-13)12(15-14)10-4-6-11(16-2)7-5-10/h4-7,12,15H,3,8-9,14H2,1-2H3. The fourth-order valence-electron chi connectivity index (χ4n) is 2.45. The van der Waals surface area contributed by atoms with E-state index in [2.05, 4.69) is 24.5 Å². The number of nitrogens with one attached hydrogen (secondary N) is 1. The Kier molecular flexibility index (Phi) is 3.97. The third-order valence-corrected chi connectivity index (χ3v) is 5.07.